The third-order valence-corrected chi connectivity index (χ3v) is 4.20. The summed E-state index contributed by atoms with van der Waals surface area (Å²) in [5.41, 5.74) is 0.599. The smallest absolute Gasteiger partial charge is 0.271 e. The Bertz CT molecular complexity index is 959. The highest BCUT2D eigenvalue weighted by Crippen LogP contribution is 2.17. The molecule has 0 aliphatic carbocycles. The molecule has 2 amide bonds. The molecule has 0 unspecified atom stereocenters. The lowest BCUT2D eigenvalue weighted by molar-refractivity contribution is 0.0945. The van der Waals surface area contributed by atoms with Gasteiger partial charge in [-0.25, -0.2) is 13.8 Å². The minimum absolute atomic E-state index is 0.0218. The molecule has 0 spiro atoms. The van der Waals surface area contributed by atoms with E-state index in [4.69, 9.17) is 0 Å². The second kappa shape index (κ2) is 7.83. The maximum atomic E-state index is 13.5. The van der Waals surface area contributed by atoms with Crippen molar-refractivity contribution in [1.82, 2.24) is 10.3 Å². The number of aromatic nitrogens is 1. The van der Waals surface area contributed by atoms with Crippen LogP contribution >= 0.6 is 11.3 Å². The summed E-state index contributed by atoms with van der Waals surface area (Å²) in [6.45, 7) is 0.0218. The number of carbonyl (C=O) groups is 2. The summed E-state index contributed by atoms with van der Waals surface area (Å²) in [6, 6.07) is 11.3. The summed E-state index contributed by atoms with van der Waals surface area (Å²) in [5.74, 6) is -1.95. The van der Waals surface area contributed by atoms with Crippen LogP contribution in [0.5, 0.6) is 0 Å². The highest BCUT2D eigenvalue weighted by atomic mass is 32.1. The minimum Gasteiger partial charge on any atom is -0.346 e. The van der Waals surface area contributed by atoms with Gasteiger partial charge in [-0.3, -0.25) is 14.9 Å². The molecule has 0 bridgehead atoms. The molecule has 2 N–H and O–H groups in total. The lowest BCUT2D eigenvalue weighted by Gasteiger charge is -2.04. The molecule has 26 heavy (non-hydrogen) atoms. The average molecular weight is 373 g/mol. The summed E-state index contributed by atoms with van der Waals surface area (Å²) in [7, 11) is 0. The van der Waals surface area contributed by atoms with E-state index < -0.39 is 23.4 Å². The Morgan fingerprint density at radius 3 is 2.62 bits per heavy atom. The number of benzene rings is 2. The molecule has 0 aliphatic rings. The van der Waals surface area contributed by atoms with Gasteiger partial charge in [-0.15, -0.1) is 11.3 Å². The lowest BCUT2D eigenvalue weighted by Crippen LogP contribution is -2.23. The number of hydrogen-bond donors (Lipinski definition) is 2. The first-order valence-electron chi connectivity index (χ1n) is 7.57. The Labute approximate surface area is 151 Å². The minimum atomic E-state index is -0.530. The number of halogens is 2. The van der Waals surface area contributed by atoms with Gasteiger partial charge >= 0.3 is 0 Å². The molecule has 2 aromatic carbocycles. The molecule has 5 nitrogen and oxygen atoms in total. The van der Waals surface area contributed by atoms with Crippen molar-refractivity contribution in [3.8, 4) is 0 Å². The normalized spacial score (nSPS) is 10.4. The fourth-order valence-electron chi connectivity index (χ4n) is 2.14. The van der Waals surface area contributed by atoms with Gasteiger partial charge in [-0.1, -0.05) is 24.3 Å². The van der Waals surface area contributed by atoms with Gasteiger partial charge in [0.1, 0.15) is 17.3 Å². The number of anilines is 1. The summed E-state index contributed by atoms with van der Waals surface area (Å²) < 4.78 is 26.7. The van der Waals surface area contributed by atoms with E-state index in [0.29, 0.717) is 5.56 Å². The van der Waals surface area contributed by atoms with Crippen molar-refractivity contribution in [2.24, 2.45) is 0 Å². The molecule has 0 radical (unpaired) electrons. The Balaban J connectivity index is 1.61. The van der Waals surface area contributed by atoms with Crippen LogP contribution in [-0.4, -0.2) is 16.8 Å². The second-order valence-electron chi connectivity index (χ2n) is 5.28. The average Bonchev–Trinajstić information content (AvgIpc) is 3.09. The van der Waals surface area contributed by atoms with Crippen LogP contribution in [0.2, 0.25) is 0 Å². The van der Waals surface area contributed by atoms with Gasteiger partial charge in [0, 0.05) is 23.1 Å². The number of rotatable bonds is 5. The van der Waals surface area contributed by atoms with Crippen LogP contribution in [0.25, 0.3) is 0 Å². The molecule has 132 valence electrons. The lowest BCUT2D eigenvalue weighted by atomic mass is 10.2. The number of thiazole rings is 1. The molecular formula is C18H13F2N3O2S. The zero-order valence-corrected chi connectivity index (χ0v) is 14.1. The molecule has 1 heterocycles. The van der Waals surface area contributed by atoms with Crippen molar-refractivity contribution in [1.29, 1.82) is 0 Å². The molecule has 0 saturated carbocycles. The molecule has 3 aromatic rings. The molecule has 1 aromatic heterocycles. The molecule has 0 atom stereocenters. The number of hydrogen-bond acceptors (Lipinski definition) is 4. The monoisotopic (exact) mass is 373 g/mol. The van der Waals surface area contributed by atoms with E-state index in [9.17, 15) is 18.4 Å². The number of carbonyl (C=O) groups excluding carboxylic acids is 2. The largest absolute Gasteiger partial charge is 0.346 e. The Kier molecular flexibility index (Phi) is 5.33. The fourth-order valence-corrected chi connectivity index (χ4v) is 2.83. The van der Waals surface area contributed by atoms with Gasteiger partial charge < -0.3 is 5.32 Å². The van der Waals surface area contributed by atoms with Crippen molar-refractivity contribution < 1.29 is 18.4 Å². The van der Waals surface area contributed by atoms with Crippen molar-refractivity contribution >= 4 is 28.3 Å². The SMILES string of the molecule is O=C(Nc1nc(C(=O)NCc2ccccc2F)cs1)c1cccc(F)c1. The molecular weight excluding hydrogens is 360 g/mol. The van der Waals surface area contributed by atoms with Crippen LogP contribution in [0.3, 0.4) is 0 Å². The van der Waals surface area contributed by atoms with Gasteiger partial charge in [0.15, 0.2) is 5.13 Å². The van der Waals surface area contributed by atoms with E-state index in [1.165, 1.54) is 29.6 Å². The molecule has 3 rings (SSSR count). The topological polar surface area (TPSA) is 71.1 Å². The van der Waals surface area contributed by atoms with Crippen molar-refractivity contribution in [3.63, 3.8) is 0 Å². The van der Waals surface area contributed by atoms with Crippen molar-refractivity contribution in [2.75, 3.05) is 5.32 Å². The Hall–Kier alpha value is -3.13. The van der Waals surface area contributed by atoms with Gasteiger partial charge in [0.25, 0.3) is 11.8 Å². The fraction of sp³-hybridized carbons (Fsp3) is 0.0556. The van der Waals surface area contributed by atoms with Crippen molar-refractivity contribution in [3.05, 3.63) is 82.4 Å². The predicted molar refractivity (Wildman–Crippen MR) is 94.0 cm³/mol. The summed E-state index contributed by atoms with van der Waals surface area (Å²) >= 11 is 1.06. The van der Waals surface area contributed by atoms with Crippen LogP contribution in [-0.2, 0) is 6.54 Å². The molecule has 0 fully saturated rings. The number of amides is 2. The zero-order chi connectivity index (χ0) is 18.5. The van der Waals surface area contributed by atoms with Gasteiger partial charge in [-0.05, 0) is 24.3 Å². The Morgan fingerprint density at radius 2 is 1.85 bits per heavy atom. The van der Waals surface area contributed by atoms with Gasteiger partial charge in [-0.2, -0.15) is 0 Å². The van der Waals surface area contributed by atoms with E-state index in [1.807, 2.05) is 0 Å². The molecule has 0 saturated heterocycles. The summed E-state index contributed by atoms with van der Waals surface area (Å²) in [5, 5.41) is 6.74. The van der Waals surface area contributed by atoms with E-state index in [1.54, 1.807) is 18.2 Å². The van der Waals surface area contributed by atoms with Crippen LogP contribution in [0.4, 0.5) is 13.9 Å². The van der Waals surface area contributed by atoms with Crippen LogP contribution < -0.4 is 10.6 Å². The second-order valence-corrected chi connectivity index (χ2v) is 6.13. The van der Waals surface area contributed by atoms with Crippen molar-refractivity contribution in [2.45, 2.75) is 6.54 Å². The Morgan fingerprint density at radius 1 is 1.04 bits per heavy atom. The van der Waals surface area contributed by atoms with E-state index in [-0.39, 0.29) is 22.9 Å². The maximum Gasteiger partial charge on any atom is 0.271 e. The highest BCUT2D eigenvalue weighted by molar-refractivity contribution is 7.14. The number of nitrogens with zero attached hydrogens (tertiary/aromatic N) is 1. The van der Waals surface area contributed by atoms with Gasteiger partial charge in [0.2, 0.25) is 0 Å². The maximum absolute atomic E-state index is 13.5. The first kappa shape index (κ1) is 17.7. The zero-order valence-electron chi connectivity index (χ0n) is 13.3. The van der Waals surface area contributed by atoms with Crippen LogP contribution in [0.15, 0.2) is 53.9 Å². The summed E-state index contributed by atoms with van der Waals surface area (Å²) in [4.78, 5) is 28.2. The third-order valence-electron chi connectivity index (χ3n) is 3.44. The van der Waals surface area contributed by atoms with E-state index >= 15 is 0 Å². The summed E-state index contributed by atoms with van der Waals surface area (Å²) in [6.07, 6.45) is 0. The van der Waals surface area contributed by atoms with Crippen LogP contribution in [0, 0.1) is 11.6 Å². The third kappa shape index (κ3) is 4.28. The first-order chi connectivity index (χ1) is 12.5. The highest BCUT2D eigenvalue weighted by Gasteiger charge is 2.14. The number of nitrogens with one attached hydrogen (secondary N) is 2. The molecule has 0 aliphatic heterocycles. The molecule has 8 heteroatoms. The standard InChI is InChI=1S/C18H13F2N3O2S/c19-13-6-3-5-11(8-13)16(24)23-18-22-15(10-26-18)17(25)21-9-12-4-1-2-7-14(12)20/h1-8,10H,9H2,(H,21,25)(H,22,23,24). The van der Waals surface area contributed by atoms with Gasteiger partial charge in [0.05, 0.1) is 0 Å². The first-order valence-corrected chi connectivity index (χ1v) is 8.45. The predicted octanol–water partition coefficient (Wildman–Crippen LogP) is 3.60. The van der Waals surface area contributed by atoms with E-state index in [0.717, 1.165) is 17.4 Å². The van der Waals surface area contributed by atoms with Crippen LogP contribution in [0.1, 0.15) is 26.4 Å². The van der Waals surface area contributed by atoms with E-state index in [2.05, 4.69) is 15.6 Å². The quantitative estimate of drug-likeness (QED) is 0.718.